The molecule has 2 bridgehead atoms. The lowest BCUT2D eigenvalue weighted by Crippen LogP contribution is -2.27. The van der Waals surface area contributed by atoms with Crippen LogP contribution in [-0.2, 0) is 4.79 Å². The van der Waals surface area contributed by atoms with Gasteiger partial charge in [0, 0.05) is 0 Å². The minimum absolute atomic E-state index is 0.155. The highest BCUT2D eigenvalue weighted by Crippen LogP contribution is 2.60. The van der Waals surface area contributed by atoms with Gasteiger partial charge in [0.2, 0.25) is 0 Å². The van der Waals surface area contributed by atoms with Crippen LogP contribution in [0, 0.1) is 35.5 Å². The van der Waals surface area contributed by atoms with Gasteiger partial charge in [0.25, 0.3) is 0 Å². The van der Waals surface area contributed by atoms with Crippen LogP contribution in [0.2, 0.25) is 0 Å². The Morgan fingerprint density at radius 1 is 1.44 bits per heavy atom. The normalized spacial score (nSPS) is 45.9. The van der Waals surface area contributed by atoms with Gasteiger partial charge >= 0.3 is 5.97 Å². The van der Waals surface area contributed by atoms with Crippen LogP contribution in [0.25, 0.3) is 0 Å². The van der Waals surface area contributed by atoms with E-state index in [-0.39, 0.29) is 5.92 Å². The van der Waals surface area contributed by atoms with E-state index in [0.717, 1.165) is 30.1 Å². The number of carboxylic acid groups (broad SMARTS) is 1. The van der Waals surface area contributed by atoms with Crippen LogP contribution in [0.4, 0.5) is 0 Å². The fourth-order valence-electron chi connectivity index (χ4n) is 4.53. The third-order valence-electron chi connectivity index (χ3n) is 5.22. The molecule has 0 aromatic carbocycles. The number of carbonyl (C=O) groups is 1. The third-order valence-corrected chi connectivity index (χ3v) is 5.22. The van der Waals surface area contributed by atoms with Crippen LogP contribution in [0.3, 0.4) is 0 Å². The van der Waals surface area contributed by atoms with E-state index in [4.69, 9.17) is 5.11 Å². The van der Waals surface area contributed by atoms with E-state index in [2.05, 4.69) is 12.2 Å². The summed E-state index contributed by atoms with van der Waals surface area (Å²) in [6, 6.07) is 0. The average Bonchev–Trinajstić information content (AvgIpc) is 2.87. The second-order valence-corrected chi connectivity index (χ2v) is 6.04. The SMILES string of the molecule is CC(C[C@@H]1CC2CC1[C@@H]1CC=C[C@@H]21)C(=O)O. The summed E-state index contributed by atoms with van der Waals surface area (Å²) in [6.07, 6.45) is 9.58. The van der Waals surface area contributed by atoms with Gasteiger partial charge < -0.3 is 5.11 Å². The molecule has 0 saturated heterocycles. The molecule has 88 valence electrons. The summed E-state index contributed by atoms with van der Waals surface area (Å²) in [6.45, 7) is 1.86. The van der Waals surface area contributed by atoms with Crippen molar-refractivity contribution in [1.82, 2.24) is 0 Å². The summed E-state index contributed by atoms with van der Waals surface area (Å²) in [5.74, 6) is 3.33. The minimum atomic E-state index is -0.621. The van der Waals surface area contributed by atoms with E-state index in [9.17, 15) is 4.79 Å². The number of rotatable bonds is 3. The molecule has 3 unspecified atom stereocenters. The maximum absolute atomic E-state index is 10.9. The van der Waals surface area contributed by atoms with Crippen LogP contribution in [-0.4, -0.2) is 11.1 Å². The number of carboxylic acids is 1. The molecule has 3 aliphatic rings. The summed E-state index contributed by atoms with van der Waals surface area (Å²) in [7, 11) is 0. The van der Waals surface area contributed by atoms with E-state index < -0.39 is 5.97 Å². The van der Waals surface area contributed by atoms with E-state index >= 15 is 0 Å². The van der Waals surface area contributed by atoms with Crippen LogP contribution in [0.15, 0.2) is 12.2 Å². The molecule has 0 heterocycles. The van der Waals surface area contributed by atoms with Crippen molar-refractivity contribution >= 4 is 5.97 Å². The highest BCUT2D eigenvalue weighted by Gasteiger charge is 2.52. The molecule has 0 aliphatic heterocycles. The van der Waals surface area contributed by atoms with E-state index in [0.29, 0.717) is 5.92 Å². The van der Waals surface area contributed by atoms with Crippen molar-refractivity contribution in [1.29, 1.82) is 0 Å². The van der Waals surface area contributed by atoms with Gasteiger partial charge in [-0.25, -0.2) is 0 Å². The number of hydrogen-bond acceptors (Lipinski definition) is 1. The first-order chi connectivity index (χ1) is 7.66. The first-order valence-electron chi connectivity index (χ1n) is 6.56. The van der Waals surface area contributed by atoms with E-state index in [1.807, 2.05) is 6.92 Å². The van der Waals surface area contributed by atoms with Crippen LogP contribution in [0.1, 0.15) is 32.6 Å². The monoisotopic (exact) mass is 220 g/mol. The molecule has 0 spiro atoms. The molecule has 0 amide bonds. The number of allylic oxidation sites excluding steroid dienone is 2. The van der Waals surface area contributed by atoms with Crippen molar-refractivity contribution in [3.63, 3.8) is 0 Å². The lowest BCUT2D eigenvalue weighted by atomic mass is 9.73. The van der Waals surface area contributed by atoms with Crippen molar-refractivity contribution in [2.75, 3.05) is 0 Å². The molecule has 6 atom stereocenters. The van der Waals surface area contributed by atoms with Crippen LogP contribution >= 0.6 is 0 Å². The minimum Gasteiger partial charge on any atom is -0.481 e. The lowest BCUT2D eigenvalue weighted by molar-refractivity contribution is -0.141. The average molecular weight is 220 g/mol. The lowest BCUT2D eigenvalue weighted by Gasteiger charge is -2.32. The molecule has 2 nitrogen and oxygen atoms in total. The topological polar surface area (TPSA) is 37.3 Å². The molecule has 3 aliphatic carbocycles. The Labute approximate surface area is 96.7 Å². The van der Waals surface area contributed by atoms with Gasteiger partial charge in [-0.05, 0) is 55.3 Å². The van der Waals surface area contributed by atoms with Crippen molar-refractivity contribution < 1.29 is 9.90 Å². The van der Waals surface area contributed by atoms with E-state index in [1.54, 1.807) is 0 Å². The number of aliphatic carboxylic acids is 1. The van der Waals surface area contributed by atoms with Crippen LogP contribution < -0.4 is 0 Å². The second kappa shape index (κ2) is 3.61. The quantitative estimate of drug-likeness (QED) is 0.742. The third kappa shape index (κ3) is 1.42. The molecule has 0 aromatic rings. The second-order valence-electron chi connectivity index (χ2n) is 6.04. The summed E-state index contributed by atoms with van der Waals surface area (Å²) in [5.41, 5.74) is 0. The molecule has 3 rings (SSSR count). The maximum atomic E-state index is 10.9. The number of hydrogen-bond donors (Lipinski definition) is 1. The molecule has 0 aromatic heterocycles. The predicted molar refractivity (Wildman–Crippen MR) is 61.9 cm³/mol. The van der Waals surface area contributed by atoms with Crippen molar-refractivity contribution in [2.45, 2.75) is 32.6 Å². The fourth-order valence-corrected chi connectivity index (χ4v) is 4.53. The summed E-state index contributed by atoms with van der Waals surface area (Å²) < 4.78 is 0. The zero-order valence-corrected chi connectivity index (χ0v) is 9.80. The first-order valence-corrected chi connectivity index (χ1v) is 6.56. The Morgan fingerprint density at radius 2 is 2.25 bits per heavy atom. The van der Waals surface area contributed by atoms with Crippen LogP contribution in [0.5, 0.6) is 0 Å². The summed E-state index contributed by atoms with van der Waals surface area (Å²) >= 11 is 0. The van der Waals surface area contributed by atoms with Gasteiger partial charge in [0.05, 0.1) is 5.92 Å². The Morgan fingerprint density at radius 3 is 3.00 bits per heavy atom. The highest BCUT2D eigenvalue weighted by atomic mass is 16.4. The van der Waals surface area contributed by atoms with E-state index in [1.165, 1.54) is 19.3 Å². The Balaban J connectivity index is 1.67. The molecule has 2 saturated carbocycles. The van der Waals surface area contributed by atoms with Gasteiger partial charge in [0.15, 0.2) is 0 Å². The maximum Gasteiger partial charge on any atom is 0.306 e. The molecular weight excluding hydrogens is 200 g/mol. The number of fused-ring (bicyclic) bond motifs is 5. The van der Waals surface area contributed by atoms with Gasteiger partial charge in [-0.2, -0.15) is 0 Å². The summed E-state index contributed by atoms with van der Waals surface area (Å²) in [5, 5.41) is 8.99. The molecule has 1 N–H and O–H groups in total. The molecular formula is C14H20O2. The standard InChI is InChI=1S/C14H20O2/c1-8(14(15)16)5-9-6-10-7-13(9)12-4-2-3-11(10)12/h2-3,8-13H,4-7H2,1H3,(H,15,16)/t8?,9-,10?,11+,12-,13?/m1/s1. The fraction of sp³-hybridized carbons (Fsp3) is 0.786. The molecule has 16 heavy (non-hydrogen) atoms. The Kier molecular flexibility index (Phi) is 2.34. The summed E-state index contributed by atoms with van der Waals surface area (Å²) in [4.78, 5) is 10.9. The molecule has 0 radical (unpaired) electrons. The Hall–Kier alpha value is -0.790. The highest BCUT2D eigenvalue weighted by molar-refractivity contribution is 5.69. The van der Waals surface area contributed by atoms with Gasteiger partial charge in [-0.3, -0.25) is 4.79 Å². The van der Waals surface area contributed by atoms with Crippen molar-refractivity contribution in [3.05, 3.63) is 12.2 Å². The Bertz CT molecular complexity index is 334. The van der Waals surface area contributed by atoms with Gasteiger partial charge in [0.1, 0.15) is 0 Å². The van der Waals surface area contributed by atoms with Gasteiger partial charge in [-0.15, -0.1) is 0 Å². The van der Waals surface area contributed by atoms with Crippen molar-refractivity contribution in [2.24, 2.45) is 35.5 Å². The zero-order valence-electron chi connectivity index (χ0n) is 9.80. The first kappa shape index (κ1) is 10.4. The molecule has 2 fully saturated rings. The van der Waals surface area contributed by atoms with Crippen molar-refractivity contribution in [3.8, 4) is 0 Å². The smallest absolute Gasteiger partial charge is 0.306 e. The predicted octanol–water partition coefficient (Wildman–Crippen LogP) is 2.95. The molecule has 2 heteroatoms. The largest absolute Gasteiger partial charge is 0.481 e. The zero-order chi connectivity index (χ0) is 11.3. The van der Waals surface area contributed by atoms with Gasteiger partial charge in [-0.1, -0.05) is 19.1 Å².